The molecule has 0 aliphatic carbocycles. The fraction of sp³-hybridized carbons (Fsp3) is 0.467. The Labute approximate surface area is 134 Å². The van der Waals surface area contributed by atoms with Crippen LogP contribution in [0.15, 0.2) is 18.2 Å². The number of nitrogens with one attached hydrogen (secondary N) is 1. The molecule has 1 saturated heterocycles. The van der Waals surface area contributed by atoms with Gasteiger partial charge in [-0.1, -0.05) is 6.07 Å². The molecule has 1 aromatic rings. The summed E-state index contributed by atoms with van der Waals surface area (Å²) >= 11 is 0. The predicted molar refractivity (Wildman–Crippen MR) is 83.4 cm³/mol. The number of benzene rings is 1. The van der Waals surface area contributed by atoms with E-state index in [4.69, 9.17) is 9.84 Å². The molecule has 0 bridgehead atoms. The monoisotopic (exact) mass is 341 g/mol. The molecule has 0 spiro atoms. The number of carboxylic acid groups (broad SMARTS) is 1. The van der Waals surface area contributed by atoms with Crippen molar-refractivity contribution in [2.24, 2.45) is 0 Å². The van der Waals surface area contributed by atoms with Gasteiger partial charge in [-0.2, -0.15) is 0 Å². The lowest BCUT2D eigenvalue weighted by Gasteiger charge is -2.18. The standard InChI is InChI=1S/C15H19NO6S/c1-9-3-4-11(15(18)19)7-13(9)22-10(2)14(17)16-12-5-6-23(20,21)8-12/h3-4,7,10,12H,5-6,8H2,1-2H3,(H,16,17)(H,18,19)/t10-,12-/m0/s1. The van der Waals surface area contributed by atoms with E-state index in [1.807, 2.05) is 0 Å². The van der Waals surface area contributed by atoms with Crippen molar-refractivity contribution < 1.29 is 27.9 Å². The predicted octanol–water partition coefficient (Wildman–Crippen LogP) is 0.764. The number of hydrogen-bond acceptors (Lipinski definition) is 5. The van der Waals surface area contributed by atoms with Crippen LogP contribution in [-0.2, 0) is 14.6 Å². The first-order chi connectivity index (χ1) is 10.7. The van der Waals surface area contributed by atoms with Gasteiger partial charge in [0.15, 0.2) is 15.9 Å². The van der Waals surface area contributed by atoms with Gasteiger partial charge >= 0.3 is 5.97 Å². The average molecular weight is 341 g/mol. The van der Waals surface area contributed by atoms with Crippen LogP contribution in [0, 0.1) is 6.92 Å². The summed E-state index contributed by atoms with van der Waals surface area (Å²) in [4.78, 5) is 23.1. The van der Waals surface area contributed by atoms with Crippen LogP contribution in [0.3, 0.4) is 0 Å². The molecule has 1 aliphatic rings. The van der Waals surface area contributed by atoms with Crippen LogP contribution in [0.2, 0.25) is 0 Å². The van der Waals surface area contributed by atoms with Gasteiger partial charge in [0.05, 0.1) is 17.1 Å². The SMILES string of the molecule is Cc1ccc(C(=O)O)cc1O[C@@H](C)C(=O)N[C@H]1CCS(=O)(=O)C1. The Hall–Kier alpha value is -2.09. The minimum atomic E-state index is -3.07. The second-order valence-corrected chi connectivity index (χ2v) is 7.88. The van der Waals surface area contributed by atoms with Gasteiger partial charge in [0.25, 0.3) is 5.91 Å². The Kier molecular flexibility index (Phi) is 4.93. The Bertz CT molecular complexity index is 727. The van der Waals surface area contributed by atoms with E-state index in [1.165, 1.54) is 19.1 Å². The van der Waals surface area contributed by atoms with Gasteiger partial charge in [-0.05, 0) is 38.0 Å². The summed E-state index contributed by atoms with van der Waals surface area (Å²) in [6.45, 7) is 3.28. The van der Waals surface area contributed by atoms with E-state index >= 15 is 0 Å². The second-order valence-electron chi connectivity index (χ2n) is 5.65. The van der Waals surface area contributed by atoms with Crippen molar-refractivity contribution >= 4 is 21.7 Å². The molecule has 0 aromatic heterocycles. The maximum atomic E-state index is 12.1. The topological polar surface area (TPSA) is 110 Å². The van der Waals surface area contributed by atoms with Gasteiger partial charge in [-0.3, -0.25) is 4.79 Å². The van der Waals surface area contributed by atoms with Gasteiger partial charge in [-0.15, -0.1) is 0 Å². The third-order valence-electron chi connectivity index (χ3n) is 3.69. The summed E-state index contributed by atoms with van der Waals surface area (Å²) in [6, 6.07) is 4.03. The molecule has 2 atom stereocenters. The van der Waals surface area contributed by atoms with Gasteiger partial charge < -0.3 is 15.2 Å². The molecule has 0 unspecified atom stereocenters. The Morgan fingerprint density at radius 2 is 2.09 bits per heavy atom. The first kappa shape index (κ1) is 17.3. The number of ether oxygens (including phenoxy) is 1. The lowest BCUT2D eigenvalue weighted by atomic mass is 10.1. The number of amides is 1. The van der Waals surface area contributed by atoms with Gasteiger partial charge in [0.1, 0.15) is 5.75 Å². The third-order valence-corrected chi connectivity index (χ3v) is 5.45. The minimum absolute atomic E-state index is 0.0566. The Morgan fingerprint density at radius 1 is 1.39 bits per heavy atom. The van der Waals surface area contributed by atoms with E-state index in [1.54, 1.807) is 13.0 Å². The molecule has 2 rings (SSSR count). The third kappa shape index (κ3) is 4.44. The molecule has 23 heavy (non-hydrogen) atoms. The van der Waals surface area contributed by atoms with E-state index in [-0.39, 0.29) is 17.1 Å². The molecule has 8 heteroatoms. The fourth-order valence-electron chi connectivity index (χ4n) is 2.33. The average Bonchev–Trinajstić information content (AvgIpc) is 2.79. The smallest absolute Gasteiger partial charge is 0.335 e. The maximum Gasteiger partial charge on any atom is 0.335 e. The van der Waals surface area contributed by atoms with Crippen molar-refractivity contribution in [3.05, 3.63) is 29.3 Å². The molecular weight excluding hydrogens is 322 g/mol. The zero-order valence-corrected chi connectivity index (χ0v) is 13.7. The molecule has 7 nitrogen and oxygen atoms in total. The largest absolute Gasteiger partial charge is 0.481 e. The van der Waals surface area contributed by atoms with Crippen molar-refractivity contribution in [2.45, 2.75) is 32.4 Å². The van der Waals surface area contributed by atoms with E-state index in [0.29, 0.717) is 17.7 Å². The minimum Gasteiger partial charge on any atom is -0.481 e. The number of rotatable bonds is 5. The molecule has 1 heterocycles. The highest BCUT2D eigenvalue weighted by Crippen LogP contribution is 2.21. The molecule has 2 N–H and O–H groups in total. The van der Waals surface area contributed by atoms with Crippen LogP contribution >= 0.6 is 0 Å². The van der Waals surface area contributed by atoms with E-state index in [0.717, 1.165) is 0 Å². The first-order valence-corrected chi connectivity index (χ1v) is 9.01. The number of carbonyl (C=O) groups is 2. The number of carboxylic acids is 1. The summed E-state index contributed by atoms with van der Waals surface area (Å²) in [6.07, 6.45) is -0.463. The molecule has 126 valence electrons. The fourth-order valence-corrected chi connectivity index (χ4v) is 4.00. The highest BCUT2D eigenvalue weighted by Gasteiger charge is 2.30. The van der Waals surface area contributed by atoms with Crippen LogP contribution in [0.5, 0.6) is 5.75 Å². The van der Waals surface area contributed by atoms with Gasteiger partial charge in [0.2, 0.25) is 0 Å². The van der Waals surface area contributed by atoms with Crippen molar-refractivity contribution in [1.82, 2.24) is 5.32 Å². The number of sulfone groups is 1. The summed E-state index contributed by atoms with van der Waals surface area (Å²) in [5.41, 5.74) is 0.776. The maximum absolute atomic E-state index is 12.1. The van der Waals surface area contributed by atoms with Gasteiger partial charge in [-0.25, -0.2) is 13.2 Å². The second kappa shape index (κ2) is 6.57. The normalized spacial score (nSPS) is 20.7. The summed E-state index contributed by atoms with van der Waals surface area (Å²) in [5.74, 6) is -1.17. The first-order valence-electron chi connectivity index (χ1n) is 7.19. The van der Waals surface area contributed by atoms with E-state index in [2.05, 4.69) is 5.32 Å². The number of hydrogen-bond donors (Lipinski definition) is 2. The molecule has 0 radical (unpaired) electrons. The summed E-state index contributed by atoms with van der Waals surface area (Å²) < 4.78 is 28.3. The molecule has 1 amide bonds. The van der Waals surface area contributed by atoms with E-state index < -0.39 is 33.9 Å². The highest BCUT2D eigenvalue weighted by atomic mass is 32.2. The van der Waals surface area contributed by atoms with Crippen LogP contribution < -0.4 is 10.1 Å². The summed E-state index contributed by atoms with van der Waals surface area (Å²) in [5, 5.41) is 11.6. The van der Waals surface area contributed by atoms with Crippen LogP contribution in [0.1, 0.15) is 29.3 Å². The van der Waals surface area contributed by atoms with Crippen molar-refractivity contribution in [3.63, 3.8) is 0 Å². The van der Waals surface area contributed by atoms with Gasteiger partial charge in [0, 0.05) is 6.04 Å². The molecule has 0 saturated carbocycles. The zero-order valence-electron chi connectivity index (χ0n) is 12.9. The van der Waals surface area contributed by atoms with Crippen molar-refractivity contribution in [3.8, 4) is 5.75 Å². The Balaban J connectivity index is 2.01. The number of aromatic carboxylic acids is 1. The van der Waals surface area contributed by atoms with Crippen molar-refractivity contribution in [2.75, 3.05) is 11.5 Å². The lowest BCUT2D eigenvalue weighted by Crippen LogP contribution is -2.43. The highest BCUT2D eigenvalue weighted by molar-refractivity contribution is 7.91. The summed E-state index contributed by atoms with van der Waals surface area (Å²) in [7, 11) is -3.07. The molecule has 1 fully saturated rings. The van der Waals surface area contributed by atoms with E-state index in [9.17, 15) is 18.0 Å². The van der Waals surface area contributed by atoms with Crippen LogP contribution in [-0.4, -0.2) is 49.1 Å². The Morgan fingerprint density at radius 3 is 2.65 bits per heavy atom. The van der Waals surface area contributed by atoms with Crippen LogP contribution in [0.4, 0.5) is 0 Å². The number of carbonyl (C=O) groups excluding carboxylic acids is 1. The molecule has 1 aromatic carbocycles. The zero-order chi connectivity index (χ0) is 17.2. The molecule has 1 aliphatic heterocycles. The lowest BCUT2D eigenvalue weighted by molar-refractivity contribution is -0.127. The molecular formula is C15H19NO6S. The van der Waals surface area contributed by atoms with Crippen LogP contribution in [0.25, 0.3) is 0 Å². The number of aryl methyl sites for hydroxylation is 1. The quantitative estimate of drug-likeness (QED) is 0.818. The van der Waals surface area contributed by atoms with Crippen molar-refractivity contribution in [1.29, 1.82) is 0 Å².